The minimum Gasteiger partial charge on any atom is -0.477 e. The molecule has 0 aliphatic heterocycles. The maximum atomic E-state index is 10.3. The van der Waals surface area contributed by atoms with E-state index in [2.05, 4.69) is 20.9 Å². The van der Waals surface area contributed by atoms with Gasteiger partial charge in [0.15, 0.2) is 0 Å². The van der Waals surface area contributed by atoms with Gasteiger partial charge in [0.2, 0.25) is 0 Å². The summed E-state index contributed by atoms with van der Waals surface area (Å²) >= 11 is 3.06. The van der Waals surface area contributed by atoms with Crippen LogP contribution in [0.2, 0.25) is 0 Å². The van der Waals surface area contributed by atoms with Crippen LogP contribution in [0.1, 0.15) is 10.5 Å². The van der Waals surface area contributed by atoms with Crippen molar-refractivity contribution in [2.45, 2.75) is 0 Å². The standard InChI is InChI=1S/C5H5BrN2O2/c6-2-1-8-4(3(2)7)5(9)10/h1,8H,7H2,(H,9,10). The largest absolute Gasteiger partial charge is 0.477 e. The van der Waals surface area contributed by atoms with Gasteiger partial charge in [-0.15, -0.1) is 0 Å². The number of aromatic nitrogens is 1. The third kappa shape index (κ3) is 0.995. The zero-order valence-electron chi connectivity index (χ0n) is 4.89. The lowest BCUT2D eigenvalue weighted by atomic mass is 10.4. The first-order valence-electron chi connectivity index (χ1n) is 2.48. The number of nitrogens with two attached hydrogens (primary N) is 1. The molecule has 1 aromatic heterocycles. The molecular weight excluding hydrogens is 200 g/mol. The number of carbonyl (C=O) groups is 1. The molecule has 0 fully saturated rings. The number of hydrogen-bond donors (Lipinski definition) is 3. The Kier molecular flexibility index (Phi) is 1.67. The lowest BCUT2D eigenvalue weighted by Crippen LogP contribution is -2.00. The second kappa shape index (κ2) is 2.34. The molecule has 5 heteroatoms. The van der Waals surface area contributed by atoms with Crippen molar-refractivity contribution in [1.29, 1.82) is 0 Å². The third-order valence-electron chi connectivity index (χ3n) is 1.08. The smallest absolute Gasteiger partial charge is 0.354 e. The predicted octanol–water partition coefficient (Wildman–Crippen LogP) is 1.06. The summed E-state index contributed by atoms with van der Waals surface area (Å²) in [6, 6.07) is 0. The summed E-state index contributed by atoms with van der Waals surface area (Å²) in [5, 5.41) is 8.45. The van der Waals surface area contributed by atoms with Gasteiger partial charge < -0.3 is 15.8 Å². The van der Waals surface area contributed by atoms with Gasteiger partial charge in [-0.3, -0.25) is 0 Å². The van der Waals surface area contributed by atoms with Crippen molar-refractivity contribution in [3.8, 4) is 0 Å². The average Bonchev–Trinajstić information content (AvgIpc) is 2.14. The van der Waals surface area contributed by atoms with E-state index in [0.717, 1.165) is 0 Å². The van der Waals surface area contributed by atoms with Gasteiger partial charge in [-0.05, 0) is 15.9 Å². The molecule has 1 heterocycles. The molecule has 0 aromatic carbocycles. The van der Waals surface area contributed by atoms with E-state index in [1.54, 1.807) is 0 Å². The van der Waals surface area contributed by atoms with Crippen LogP contribution < -0.4 is 5.73 Å². The number of nitrogens with one attached hydrogen (secondary N) is 1. The zero-order chi connectivity index (χ0) is 7.72. The Morgan fingerprint density at radius 2 is 2.40 bits per heavy atom. The number of carboxylic acids is 1. The van der Waals surface area contributed by atoms with E-state index in [-0.39, 0.29) is 11.4 Å². The van der Waals surface area contributed by atoms with Crippen LogP contribution in [0, 0.1) is 0 Å². The van der Waals surface area contributed by atoms with Crippen LogP contribution in [0.3, 0.4) is 0 Å². The summed E-state index contributed by atoms with van der Waals surface area (Å²) in [5.74, 6) is -1.05. The highest BCUT2D eigenvalue weighted by Crippen LogP contribution is 2.21. The van der Waals surface area contributed by atoms with E-state index in [0.29, 0.717) is 4.47 Å². The normalized spacial score (nSPS) is 9.70. The van der Waals surface area contributed by atoms with E-state index in [1.165, 1.54) is 6.20 Å². The number of halogens is 1. The van der Waals surface area contributed by atoms with Crippen LogP contribution >= 0.6 is 15.9 Å². The van der Waals surface area contributed by atoms with Gasteiger partial charge in [-0.25, -0.2) is 4.79 Å². The summed E-state index contributed by atoms with van der Waals surface area (Å²) in [4.78, 5) is 12.8. The average molecular weight is 205 g/mol. The summed E-state index contributed by atoms with van der Waals surface area (Å²) in [7, 11) is 0. The van der Waals surface area contributed by atoms with E-state index in [4.69, 9.17) is 10.8 Å². The van der Waals surface area contributed by atoms with E-state index >= 15 is 0 Å². The molecule has 0 amide bonds. The van der Waals surface area contributed by atoms with Gasteiger partial charge in [-0.2, -0.15) is 0 Å². The van der Waals surface area contributed by atoms with Gasteiger partial charge in [-0.1, -0.05) is 0 Å². The van der Waals surface area contributed by atoms with Crippen molar-refractivity contribution >= 4 is 27.6 Å². The molecule has 0 atom stereocenters. The van der Waals surface area contributed by atoms with Crippen molar-refractivity contribution in [3.63, 3.8) is 0 Å². The molecule has 1 rings (SSSR count). The van der Waals surface area contributed by atoms with Crippen molar-refractivity contribution in [3.05, 3.63) is 16.4 Å². The number of rotatable bonds is 1. The van der Waals surface area contributed by atoms with Gasteiger partial charge in [0.25, 0.3) is 0 Å². The SMILES string of the molecule is Nc1c(Br)c[nH]c1C(=O)O. The highest BCUT2D eigenvalue weighted by Gasteiger charge is 2.11. The lowest BCUT2D eigenvalue weighted by Gasteiger charge is -1.89. The highest BCUT2D eigenvalue weighted by atomic mass is 79.9. The number of aromatic carboxylic acids is 1. The number of hydrogen-bond acceptors (Lipinski definition) is 2. The second-order valence-electron chi connectivity index (χ2n) is 1.73. The van der Waals surface area contributed by atoms with Gasteiger partial charge in [0, 0.05) is 6.20 Å². The Labute approximate surface area is 65.2 Å². The quantitative estimate of drug-likeness (QED) is 0.641. The number of carboxylic acid groups (broad SMARTS) is 1. The molecule has 4 N–H and O–H groups in total. The molecule has 0 aliphatic rings. The van der Waals surface area contributed by atoms with Crippen LogP contribution in [-0.4, -0.2) is 16.1 Å². The molecule has 0 radical (unpaired) electrons. The minimum atomic E-state index is -1.05. The molecule has 0 saturated heterocycles. The van der Waals surface area contributed by atoms with Crippen LogP contribution in [0.15, 0.2) is 10.7 Å². The number of anilines is 1. The van der Waals surface area contributed by atoms with Crippen molar-refractivity contribution in [2.75, 3.05) is 5.73 Å². The van der Waals surface area contributed by atoms with Crippen molar-refractivity contribution in [2.24, 2.45) is 0 Å². The highest BCUT2D eigenvalue weighted by molar-refractivity contribution is 9.10. The number of aromatic amines is 1. The fourth-order valence-corrected chi connectivity index (χ4v) is 0.900. The Morgan fingerprint density at radius 1 is 1.80 bits per heavy atom. The molecule has 1 aromatic rings. The first-order valence-corrected chi connectivity index (χ1v) is 3.28. The lowest BCUT2D eigenvalue weighted by molar-refractivity contribution is 0.0692. The Bertz CT molecular complexity index is 269. The zero-order valence-corrected chi connectivity index (χ0v) is 6.47. The van der Waals surface area contributed by atoms with Gasteiger partial charge in [0.1, 0.15) is 5.69 Å². The molecule has 0 bridgehead atoms. The fraction of sp³-hybridized carbons (Fsp3) is 0. The molecule has 0 aliphatic carbocycles. The van der Waals surface area contributed by atoms with Gasteiger partial charge >= 0.3 is 5.97 Å². The van der Waals surface area contributed by atoms with Crippen molar-refractivity contribution in [1.82, 2.24) is 4.98 Å². The summed E-state index contributed by atoms with van der Waals surface area (Å²) in [6.45, 7) is 0. The van der Waals surface area contributed by atoms with E-state index < -0.39 is 5.97 Å². The first kappa shape index (κ1) is 7.14. The second-order valence-corrected chi connectivity index (χ2v) is 2.58. The van der Waals surface area contributed by atoms with E-state index in [1.807, 2.05) is 0 Å². The molecule has 4 nitrogen and oxygen atoms in total. The molecule has 54 valence electrons. The van der Waals surface area contributed by atoms with Crippen LogP contribution in [0.25, 0.3) is 0 Å². The Morgan fingerprint density at radius 3 is 2.60 bits per heavy atom. The van der Waals surface area contributed by atoms with Crippen LogP contribution in [0.5, 0.6) is 0 Å². The molecular formula is C5H5BrN2O2. The minimum absolute atomic E-state index is 0.0203. The summed E-state index contributed by atoms with van der Waals surface area (Å²) in [5.41, 5.74) is 5.59. The molecule has 0 spiro atoms. The topological polar surface area (TPSA) is 79.1 Å². The van der Waals surface area contributed by atoms with Crippen LogP contribution in [0.4, 0.5) is 5.69 Å². The van der Waals surface area contributed by atoms with E-state index in [9.17, 15) is 4.79 Å². The molecule has 0 unspecified atom stereocenters. The summed E-state index contributed by atoms with van der Waals surface area (Å²) in [6.07, 6.45) is 1.48. The third-order valence-corrected chi connectivity index (χ3v) is 1.74. The van der Waals surface area contributed by atoms with Crippen LogP contribution in [-0.2, 0) is 0 Å². The maximum Gasteiger partial charge on any atom is 0.354 e. The van der Waals surface area contributed by atoms with Gasteiger partial charge in [0.05, 0.1) is 10.2 Å². The fourth-order valence-electron chi connectivity index (χ4n) is 0.587. The Balaban J connectivity index is 3.17. The molecule has 10 heavy (non-hydrogen) atoms. The summed E-state index contributed by atoms with van der Waals surface area (Å²) < 4.78 is 0.574. The Hall–Kier alpha value is -0.970. The monoisotopic (exact) mass is 204 g/mol. The first-order chi connectivity index (χ1) is 4.63. The molecule has 0 saturated carbocycles. The van der Waals surface area contributed by atoms with Crippen molar-refractivity contribution < 1.29 is 9.90 Å². The maximum absolute atomic E-state index is 10.3. The number of nitrogen functional groups attached to an aromatic ring is 1. The predicted molar refractivity (Wildman–Crippen MR) is 39.9 cm³/mol. The number of H-pyrrole nitrogens is 1.